The van der Waals surface area contributed by atoms with Gasteiger partial charge in [-0.1, -0.05) is 47.6 Å². The predicted molar refractivity (Wildman–Crippen MR) is 131 cm³/mol. The monoisotopic (exact) mass is 495 g/mol. The van der Waals surface area contributed by atoms with Gasteiger partial charge in [-0.3, -0.25) is 14.5 Å². The maximum atomic E-state index is 13.1. The van der Waals surface area contributed by atoms with Gasteiger partial charge >= 0.3 is 6.03 Å². The molecule has 0 spiro atoms. The number of para-hydroxylation sites is 1. The maximum Gasteiger partial charge on any atom is 0.325 e. The van der Waals surface area contributed by atoms with Gasteiger partial charge in [0.05, 0.1) is 12.8 Å². The summed E-state index contributed by atoms with van der Waals surface area (Å²) in [5, 5.41) is 6.16. The Kier molecular flexibility index (Phi) is 6.81. The quantitative estimate of drug-likeness (QED) is 0.455. The summed E-state index contributed by atoms with van der Waals surface area (Å²) < 4.78 is 5.15. The Morgan fingerprint density at radius 2 is 1.74 bits per heavy atom. The summed E-state index contributed by atoms with van der Waals surface area (Å²) in [5.74, 6) is -0.344. The van der Waals surface area contributed by atoms with Gasteiger partial charge in [0.25, 0.3) is 5.91 Å². The van der Waals surface area contributed by atoms with Crippen molar-refractivity contribution < 1.29 is 19.1 Å². The zero-order chi connectivity index (χ0) is 24.3. The molecule has 0 aromatic heterocycles. The third-order valence-electron chi connectivity index (χ3n) is 5.45. The van der Waals surface area contributed by atoms with Crippen molar-refractivity contribution >= 4 is 46.9 Å². The molecule has 4 amide bonds. The summed E-state index contributed by atoms with van der Waals surface area (Å²) in [6.07, 6.45) is 0. The van der Waals surface area contributed by atoms with E-state index in [4.69, 9.17) is 16.3 Å². The molecule has 3 aromatic carbocycles. The van der Waals surface area contributed by atoms with Crippen LogP contribution in [0.15, 0.2) is 82.6 Å². The molecule has 1 fully saturated rings. The second-order valence-electron chi connectivity index (χ2n) is 7.78. The van der Waals surface area contributed by atoms with E-state index in [1.54, 1.807) is 62.6 Å². The summed E-state index contributed by atoms with van der Waals surface area (Å²) in [6, 6.07) is 20.9. The van der Waals surface area contributed by atoms with Crippen LogP contribution in [0.5, 0.6) is 5.75 Å². The summed E-state index contributed by atoms with van der Waals surface area (Å²) in [6.45, 7) is 1.21. The number of ether oxygens (including phenoxy) is 1. The largest absolute Gasteiger partial charge is 0.497 e. The second kappa shape index (κ2) is 9.79. The maximum absolute atomic E-state index is 13.1. The normalized spacial score (nSPS) is 17.4. The van der Waals surface area contributed by atoms with Crippen LogP contribution in [0.1, 0.15) is 12.5 Å². The Hall–Kier alpha value is -3.49. The Labute approximate surface area is 206 Å². The highest BCUT2D eigenvalue weighted by Gasteiger charge is 2.49. The third kappa shape index (κ3) is 4.88. The standard InChI is InChI=1S/C25H22ClN3O4S/c1-25(16-7-11-18(33-2)12-8-16)23(31)29(24(32)28-25)15-22(30)27-20-5-3-4-6-21(20)34-19-13-9-17(26)10-14-19/h3-14H,15H2,1-2H3,(H,27,30)(H,28,32). The van der Waals surface area contributed by atoms with Gasteiger partial charge in [-0.15, -0.1) is 0 Å². The van der Waals surface area contributed by atoms with E-state index >= 15 is 0 Å². The highest BCUT2D eigenvalue weighted by Crippen LogP contribution is 2.34. The molecule has 1 saturated heterocycles. The number of imide groups is 1. The molecule has 0 aliphatic carbocycles. The highest BCUT2D eigenvalue weighted by atomic mass is 35.5. The molecule has 2 N–H and O–H groups in total. The summed E-state index contributed by atoms with van der Waals surface area (Å²) >= 11 is 7.42. The van der Waals surface area contributed by atoms with Crippen LogP contribution in [-0.4, -0.2) is 36.4 Å². The second-order valence-corrected chi connectivity index (χ2v) is 9.33. The molecule has 1 unspecified atom stereocenters. The van der Waals surface area contributed by atoms with E-state index in [0.717, 1.165) is 14.7 Å². The Bertz CT molecular complexity index is 1230. The lowest BCUT2D eigenvalue weighted by Gasteiger charge is -2.22. The molecule has 1 heterocycles. The number of amides is 4. The molecule has 4 rings (SSSR count). The molecule has 9 heteroatoms. The van der Waals surface area contributed by atoms with Crippen LogP contribution in [0, 0.1) is 0 Å². The first-order valence-electron chi connectivity index (χ1n) is 10.4. The fraction of sp³-hybridized carbons (Fsp3) is 0.160. The van der Waals surface area contributed by atoms with E-state index in [1.807, 2.05) is 24.3 Å². The van der Waals surface area contributed by atoms with Crippen molar-refractivity contribution in [1.82, 2.24) is 10.2 Å². The minimum Gasteiger partial charge on any atom is -0.497 e. The van der Waals surface area contributed by atoms with Crippen LogP contribution in [0.2, 0.25) is 5.02 Å². The van der Waals surface area contributed by atoms with Crippen LogP contribution < -0.4 is 15.4 Å². The van der Waals surface area contributed by atoms with Crippen LogP contribution in [-0.2, 0) is 15.1 Å². The predicted octanol–water partition coefficient (Wildman–Crippen LogP) is 4.91. The number of nitrogens with zero attached hydrogens (tertiary/aromatic N) is 1. The summed E-state index contributed by atoms with van der Waals surface area (Å²) in [7, 11) is 1.55. The van der Waals surface area contributed by atoms with E-state index in [9.17, 15) is 14.4 Å². The van der Waals surface area contributed by atoms with Crippen molar-refractivity contribution in [2.75, 3.05) is 19.0 Å². The van der Waals surface area contributed by atoms with Gasteiger partial charge in [-0.2, -0.15) is 0 Å². The molecule has 0 saturated carbocycles. The molecule has 1 atom stereocenters. The first-order chi connectivity index (χ1) is 16.3. The molecular weight excluding hydrogens is 474 g/mol. The molecule has 1 aliphatic heterocycles. The molecule has 0 radical (unpaired) electrons. The van der Waals surface area contributed by atoms with Crippen molar-refractivity contribution in [1.29, 1.82) is 0 Å². The zero-order valence-electron chi connectivity index (χ0n) is 18.5. The van der Waals surface area contributed by atoms with Crippen molar-refractivity contribution in [3.8, 4) is 5.75 Å². The SMILES string of the molecule is COc1ccc(C2(C)NC(=O)N(CC(=O)Nc3ccccc3Sc3ccc(Cl)cc3)C2=O)cc1. The Morgan fingerprint density at radius 3 is 2.41 bits per heavy atom. The van der Waals surface area contributed by atoms with Crippen LogP contribution in [0.3, 0.4) is 0 Å². The van der Waals surface area contributed by atoms with Gasteiger partial charge in [-0.25, -0.2) is 4.79 Å². The molecule has 0 bridgehead atoms. The number of hydrogen-bond donors (Lipinski definition) is 2. The van der Waals surface area contributed by atoms with Gasteiger partial charge in [-0.05, 0) is 61.0 Å². The average Bonchev–Trinajstić information content (AvgIpc) is 3.05. The average molecular weight is 496 g/mol. The van der Waals surface area contributed by atoms with Crippen molar-refractivity contribution in [2.45, 2.75) is 22.3 Å². The van der Waals surface area contributed by atoms with Crippen molar-refractivity contribution in [2.24, 2.45) is 0 Å². The minimum absolute atomic E-state index is 0.406. The molecule has 1 aliphatic rings. The van der Waals surface area contributed by atoms with Gasteiger partial charge in [0, 0.05) is 14.8 Å². The van der Waals surface area contributed by atoms with Crippen LogP contribution in [0.4, 0.5) is 10.5 Å². The molecular formula is C25H22ClN3O4S. The number of anilines is 1. The van der Waals surface area contributed by atoms with E-state index in [0.29, 0.717) is 22.0 Å². The number of methoxy groups -OCH3 is 1. The smallest absolute Gasteiger partial charge is 0.325 e. The van der Waals surface area contributed by atoms with Crippen molar-refractivity contribution in [3.63, 3.8) is 0 Å². The lowest BCUT2D eigenvalue weighted by molar-refractivity contribution is -0.133. The van der Waals surface area contributed by atoms with E-state index < -0.39 is 29.9 Å². The van der Waals surface area contributed by atoms with Gasteiger partial charge in [0.15, 0.2) is 0 Å². The number of nitrogens with one attached hydrogen (secondary N) is 2. The summed E-state index contributed by atoms with van der Waals surface area (Å²) in [4.78, 5) is 41.2. The molecule has 174 valence electrons. The number of rotatable bonds is 7. The van der Waals surface area contributed by atoms with Gasteiger partial charge in [0.2, 0.25) is 5.91 Å². The fourth-order valence-corrected chi connectivity index (χ4v) is 4.61. The summed E-state index contributed by atoms with van der Waals surface area (Å²) in [5.41, 5.74) is -0.0944. The van der Waals surface area contributed by atoms with Crippen LogP contribution in [0.25, 0.3) is 0 Å². The number of benzene rings is 3. The van der Waals surface area contributed by atoms with E-state index in [-0.39, 0.29) is 0 Å². The van der Waals surface area contributed by atoms with E-state index in [1.165, 1.54) is 11.8 Å². The van der Waals surface area contributed by atoms with Gasteiger partial charge in [0.1, 0.15) is 17.8 Å². The number of urea groups is 1. The first kappa shape index (κ1) is 23.7. The minimum atomic E-state index is -1.27. The first-order valence-corrected chi connectivity index (χ1v) is 11.6. The molecule has 3 aromatic rings. The number of hydrogen-bond acceptors (Lipinski definition) is 5. The van der Waals surface area contributed by atoms with E-state index in [2.05, 4.69) is 10.6 Å². The Balaban J connectivity index is 1.46. The number of carbonyl (C=O) groups excluding carboxylic acids is 3. The molecule has 7 nitrogen and oxygen atoms in total. The zero-order valence-corrected chi connectivity index (χ0v) is 20.1. The van der Waals surface area contributed by atoms with Gasteiger partial charge < -0.3 is 15.4 Å². The highest BCUT2D eigenvalue weighted by molar-refractivity contribution is 7.99. The molecule has 34 heavy (non-hydrogen) atoms. The lowest BCUT2D eigenvalue weighted by Crippen LogP contribution is -2.42. The number of halogens is 1. The van der Waals surface area contributed by atoms with Crippen molar-refractivity contribution in [3.05, 3.63) is 83.4 Å². The lowest BCUT2D eigenvalue weighted by atomic mass is 9.92. The Morgan fingerprint density at radius 1 is 1.06 bits per heavy atom. The van der Waals surface area contributed by atoms with Crippen LogP contribution >= 0.6 is 23.4 Å². The number of carbonyl (C=O) groups is 3. The topological polar surface area (TPSA) is 87.7 Å². The fourth-order valence-electron chi connectivity index (χ4n) is 3.58. The third-order valence-corrected chi connectivity index (χ3v) is 6.78.